The first-order chi connectivity index (χ1) is 17.3. The Labute approximate surface area is 223 Å². The Morgan fingerprint density at radius 3 is 2.36 bits per heavy atom. The van der Waals surface area contributed by atoms with Crippen molar-refractivity contribution >= 4 is 58.4 Å². The number of halogens is 3. The van der Waals surface area contributed by atoms with Crippen molar-refractivity contribution in [3.8, 4) is 0 Å². The first-order valence-electron chi connectivity index (χ1n) is 11.4. The van der Waals surface area contributed by atoms with E-state index in [9.17, 15) is 14.4 Å². The number of fused-ring (bicyclic) bond motifs is 2. The summed E-state index contributed by atoms with van der Waals surface area (Å²) in [5.74, 6) is -1.37. The van der Waals surface area contributed by atoms with Crippen molar-refractivity contribution in [2.45, 2.75) is 30.7 Å². The molecule has 3 amide bonds. The third-order valence-electron chi connectivity index (χ3n) is 6.81. The van der Waals surface area contributed by atoms with E-state index in [0.717, 1.165) is 10.5 Å². The zero-order valence-electron chi connectivity index (χ0n) is 19.1. The number of nitrogens with one attached hydrogen (secondary N) is 1. The zero-order chi connectivity index (χ0) is 25.6. The van der Waals surface area contributed by atoms with Gasteiger partial charge >= 0.3 is 6.09 Å². The lowest BCUT2D eigenvalue weighted by Gasteiger charge is -2.46. The number of rotatable bonds is 3. The first-order valence-corrected chi connectivity index (χ1v) is 12.5. The second-order valence-corrected chi connectivity index (χ2v) is 10.0. The molecule has 0 aromatic heterocycles. The van der Waals surface area contributed by atoms with Gasteiger partial charge in [-0.3, -0.25) is 9.59 Å². The minimum absolute atomic E-state index is 0.0170. The number of hydrogen-bond acceptors (Lipinski definition) is 4. The number of benzene rings is 3. The Morgan fingerprint density at radius 2 is 1.67 bits per heavy atom. The average Bonchev–Trinajstić information content (AvgIpc) is 3.09. The van der Waals surface area contributed by atoms with E-state index in [1.165, 1.54) is 0 Å². The SMILES string of the molecule is CCOC(=O)N1C(=O)C2(c3ccc(Cl)cc31)C(c1ccc(Cl)cc1)CC(=O)NC2c1cccc(Cl)c1. The number of nitrogens with zero attached hydrogens (tertiary/aromatic N) is 1. The lowest BCUT2D eigenvalue weighted by atomic mass is 9.59. The van der Waals surface area contributed by atoms with Gasteiger partial charge in [0.15, 0.2) is 0 Å². The molecule has 3 unspecified atom stereocenters. The topological polar surface area (TPSA) is 75.7 Å². The minimum atomic E-state index is -1.39. The fourth-order valence-corrected chi connectivity index (χ4v) is 5.91. The Kier molecular flexibility index (Phi) is 6.45. The number of imide groups is 1. The highest BCUT2D eigenvalue weighted by Gasteiger charge is 2.64. The molecule has 0 bridgehead atoms. The monoisotopic (exact) mass is 542 g/mol. The number of ether oxygens (including phenoxy) is 1. The molecule has 9 heteroatoms. The Morgan fingerprint density at radius 1 is 0.972 bits per heavy atom. The van der Waals surface area contributed by atoms with Crippen LogP contribution in [0.25, 0.3) is 0 Å². The van der Waals surface area contributed by atoms with Crippen LogP contribution in [0.2, 0.25) is 15.1 Å². The average molecular weight is 544 g/mol. The van der Waals surface area contributed by atoms with E-state index in [4.69, 9.17) is 39.5 Å². The number of piperidine rings is 1. The Balaban J connectivity index is 1.83. The van der Waals surface area contributed by atoms with Gasteiger partial charge in [0.1, 0.15) is 5.41 Å². The van der Waals surface area contributed by atoms with Crippen LogP contribution in [-0.2, 0) is 19.7 Å². The molecule has 0 saturated carbocycles. The summed E-state index contributed by atoms with van der Waals surface area (Å²) < 4.78 is 5.26. The number of amides is 3. The molecule has 2 heterocycles. The van der Waals surface area contributed by atoms with E-state index in [1.807, 2.05) is 0 Å². The molecular formula is C27H21Cl3N2O4. The van der Waals surface area contributed by atoms with E-state index < -0.39 is 29.4 Å². The molecule has 5 rings (SSSR count). The lowest BCUT2D eigenvalue weighted by molar-refractivity contribution is -0.132. The number of carbonyl (C=O) groups excluding carboxylic acids is 3. The third kappa shape index (κ3) is 3.84. The van der Waals surface area contributed by atoms with E-state index in [1.54, 1.807) is 73.7 Å². The summed E-state index contributed by atoms with van der Waals surface area (Å²) in [5.41, 5.74) is 0.873. The standard InChI is InChI=1S/C27H21Cl3N2O4/c1-2-36-26(35)32-22-13-19(30)10-11-20(22)27(25(32)34)21(15-6-8-17(28)9-7-15)14-23(33)31-24(27)16-4-3-5-18(29)12-16/h3-13,21,24H,2,14H2,1H3,(H,31,33). The van der Waals surface area contributed by atoms with Crippen molar-refractivity contribution in [1.29, 1.82) is 0 Å². The van der Waals surface area contributed by atoms with Gasteiger partial charge < -0.3 is 10.1 Å². The molecule has 1 fully saturated rings. The van der Waals surface area contributed by atoms with Crippen LogP contribution >= 0.6 is 34.8 Å². The van der Waals surface area contributed by atoms with Crippen molar-refractivity contribution in [2.24, 2.45) is 0 Å². The van der Waals surface area contributed by atoms with Gasteiger partial charge in [0, 0.05) is 27.4 Å². The Hall–Kier alpha value is -3.06. The van der Waals surface area contributed by atoms with E-state index in [2.05, 4.69) is 5.32 Å². The molecule has 1 spiro atoms. The van der Waals surface area contributed by atoms with Gasteiger partial charge in [0.05, 0.1) is 18.3 Å². The molecule has 3 atom stereocenters. The summed E-state index contributed by atoms with van der Waals surface area (Å²) in [6, 6.07) is 18.2. The summed E-state index contributed by atoms with van der Waals surface area (Å²) in [6.45, 7) is 1.75. The van der Waals surface area contributed by atoms with Crippen LogP contribution in [-0.4, -0.2) is 24.5 Å². The zero-order valence-corrected chi connectivity index (χ0v) is 21.4. The van der Waals surface area contributed by atoms with Gasteiger partial charge in [-0.25, -0.2) is 9.69 Å². The van der Waals surface area contributed by atoms with Crippen LogP contribution in [0.15, 0.2) is 66.7 Å². The van der Waals surface area contributed by atoms with Gasteiger partial charge in [-0.05, 0) is 60.0 Å². The summed E-state index contributed by atoms with van der Waals surface area (Å²) >= 11 is 18.8. The first kappa shape index (κ1) is 24.6. The number of anilines is 1. The van der Waals surface area contributed by atoms with E-state index in [0.29, 0.717) is 31.9 Å². The van der Waals surface area contributed by atoms with Gasteiger partial charge in [0.2, 0.25) is 11.8 Å². The maximum Gasteiger partial charge on any atom is 0.421 e. The largest absolute Gasteiger partial charge is 0.449 e. The smallest absolute Gasteiger partial charge is 0.421 e. The summed E-state index contributed by atoms with van der Waals surface area (Å²) in [4.78, 5) is 41.8. The third-order valence-corrected chi connectivity index (χ3v) is 7.53. The van der Waals surface area contributed by atoms with Crippen molar-refractivity contribution in [3.63, 3.8) is 0 Å². The predicted molar refractivity (Wildman–Crippen MR) is 139 cm³/mol. The molecule has 36 heavy (non-hydrogen) atoms. The van der Waals surface area contributed by atoms with Crippen LogP contribution < -0.4 is 10.2 Å². The van der Waals surface area contributed by atoms with Crippen LogP contribution in [0.3, 0.4) is 0 Å². The van der Waals surface area contributed by atoms with Crippen molar-refractivity contribution in [2.75, 3.05) is 11.5 Å². The Bertz CT molecular complexity index is 1380. The summed E-state index contributed by atoms with van der Waals surface area (Å²) in [6.07, 6.45) is -0.789. The molecule has 2 aliphatic rings. The summed E-state index contributed by atoms with van der Waals surface area (Å²) in [5, 5.41) is 4.36. The van der Waals surface area contributed by atoms with Gasteiger partial charge in [-0.2, -0.15) is 0 Å². The van der Waals surface area contributed by atoms with Crippen LogP contribution in [0.5, 0.6) is 0 Å². The fourth-order valence-electron chi connectivity index (χ4n) is 5.42. The molecule has 2 aliphatic heterocycles. The van der Waals surface area contributed by atoms with Crippen molar-refractivity contribution in [3.05, 3.63) is 98.5 Å². The fraction of sp³-hybridized carbons (Fsp3) is 0.222. The highest BCUT2D eigenvalue weighted by Crippen LogP contribution is 2.59. The molecule has 0 aliphatic carbocycles. The minimum Gasteiger partial charge on any atom is -0.449 e. The van der Waals surface area contributed by atoms with Crippen molar-refractivity contribution < 1.29 is 19.1 Å². The molecule has 1 saturated heterocycles. The number of hydrogen-bond donors (Lipinski definition) is 1. The highest BCUT2D eigenvalue weighted by molar-refractivity contribution is 6.32. The molecule has 1 N–H and O–H groups in total. The van der Waals surface area contributed by atoms with E-state index >= 15 is 0 Å². The molecular weight excluding hydrogens is 523 g/mol. The maximum absolute atomic E-state index is 14.6. The quantitative estimate of drug-likeness (QED) is 0.413. The maximum atomic E-state index is 14.6. The molecule has 184 valence electrons. The van der Waals surface area contributed by atoms with Crippen LogP contribution in [0, 0.1) is 0 Å². The molecule has 3 aromatic rings. The van der Waals surface area contributed by atoms with E-state index in [-0.39, 0.29) is 18.9 Å². The molecule has 6 nitrogen and oxygen atoms in total. The molecule has 0 radical (unpaired) electrons. The highest BCUT2D eigenvalue weighted by atomic mass is 35.5. The normalized spacial score (nSPS) is 22.9. The number of carbonyl (C=O) groups is 3. The van der Waals surface area contributed by atoms with Crippen LogP contribution in [0.1, 0.15) is 42.0 Å². The van der Waals surface area contributed by atoms with Crippen LogP contribution in [0.4, 0.5) is 10.5 Å². The predicted octanol–water partition coefficient (Wildman–Crippen LogP) is 6.43. The molecule has 3 aromatic carbocycles. The van der Waals surface area contributed by atoms with Gasteiger partial charge in [-0.15, -0.1) is 0 Å². The lowest BCUT2D eigenvalue weighted by Crippen LogP contribution is -2.58. The van der Waals surface area contributed by atoms with Gasteiger partial charge in [-0.1, -0.05) is 65.1 Å². The van der Waals surface area contributed by atoms with Crippen molar-refractivity contribution in [1.82, 2.24) is 5.32 Å². The second kappa shape index (κ2) is 9.43. The summed E-state index contributed by atoms with van der Waals surface area (Å²) in [7, 11) is 0. The van der Waals surface area contributed by atoms with Gasteiger partial charge in [0.25, 0.3) is 0 Å². The second-order valence-electron chi connectivity index (χ2n) is 8.73.